The van der Waals surface area contributed by atoms with Gasteiger partial charge in [-0.15, -0.1) is 11.3 Å². The lowest BCUT2D eigenvalue weighted by molar-refractivity contribution is -0.115. The SMILES string of the molecule is Cc1c(Cl)cccc1NC(=O)Cc1csc(-c2ccc(F)cc2)n1. The summed E-state index contributed by atoms with van der Waals surface area (Å²) in [5.74, 6) is -0.442. The number of carbonyl (C=O) groups excluding carboxylic acids is 1. The maximum atomic E-state index is 13.0. The quantitative estimate of drug-likeness (QED) is 0.704. The molecule has 3 nitrogen and oxygen atoms in total. The molecule has 0 spiro atoms. The molecular weight excluding hydrogens is 347 g/mol. The van der Waals surface area contributed by atoms with Crippen molar-refractivity contribution in [1.29, 1.82) is 0 Å². The van der Waals surface area contributed by atoms with Gasteiger partial charge in [-0.05, 0) is 48.9 Å². The third-order valence-electron chi connectivity index (χ3n) is 3.53. The summed E-state index contributed by atoms with van der Waals surface area (Å²) in [6.07, 6.45) is 0.170. The molecule has 6 heteroatoms. The standard InChI is InChI=1S/C18H14ClFN2OS/c1-11-15(19)3-2-4-16(11)22-17(23)9-14-10-24-18(21-14)12-5-7-13(20)8-6-12/h2-8,10H,9H2,1H3,(H,22,23). The normalized spacial score (nSPS) is 10.6. The molecule has 1 heterocycles. The fourth-order valence-corrected chi connectivity index (χ4v) is 3.22. The Morgan fingerprint density at radius 1 is 1.25 bits per heavy atom. The van der Waals surface area contributed by atoms with Crippen molar-refractivity contribution < 1.29 is 9.18 Å². The summed E-state index contributed by atoms with van der Waals surface area (Å²) in [6, 6.07) is 11.5. The van der Waals surface area contributed by atoms with Crippen molar-refractivity contribution in [2.45, 2.75) is 13.3 Å². The minimum absolute atomic E-state index is 0.156. The summed E-state index contributed by atoms with van der Waals surface area (Å²) in [4.78, 5) is 16.6. The number of aromatic nitrogens is 1. The predicted octanol–water partition coefficient (Wildman–Crippen LogP) is 5.09. The number of anilines is 1. The Kier molecular flexibility index (Phi) is 4.92. The number of thiazole rings is 1. The summed E-state index contributed by atoms with van der Waals surface area (Å²) < 4.78 is 13.0. The second-order valence-electron chi connectivity index (χ2n) is 5.29. The first-order valence-corrected chi connectivity index (χ1v) is 8.54. The van der Waals surface area contributed by atoms with Gasteiger partial charge < -0.3 is 5.32 Å². The average Bonchev–Trinajstić information content (AvgIpc) is 3.01. The van der Waals surface area contributed by atoms with E-state index >= 15 is 0 Å². The van der Waals surface area contributed by atoms with Crippen molar-refractivity contribution in [2.24, 2.45) is 0 Å². The fraction of sp³-hybridized carbons (Fsp3) is 0.111. The van der Waals surface area contributed by atoms with Crippen LogP contribution < -0.4 is 5.32 Å². The summed E-state index contributed by atoms with van der Waals surface area (Å²) in [7, 11) is 0. The molecule has 0 saturated heterocycles. The van der Waals surface area contributed by atoms with Crippen LogP contribution in [-0.4, -0.2) is 10.9 Å². The lowest BCUT2D eigenvalue weighted by Crippen LogP contribution is -2.15. The van der Waals surface area contributed by atoms with Crippen LogP contribution in [0.2, 0.25) is 5.02 Å². The van der Waals surface area contributed by atoms with Crippen LogP contribution >= 0.6 is 22.9 Å². The molecule has 0 aliphatic rings. The van der Waals surface area contributed by atoms with Gasteiger partial charge in [-0.2, -0.15) is 0 Å². The van der Waals surface area contributed by atoms with Gasteiger partial charge >= 0.3 is 0 Å². The van der Waals surface area contributed by atoms with E-state index in [-0.39, 0.29) is 18.1 Å². The maximum absolute atomic E-state index is 13.0. The zero-order chi connectivity index (χ0) is 17.1. The van der Waals surface area contributed by atoms with Crippen LogP contribution in [-0.2, 0) is 11.2 Å². The highest BCUT2D eigenvalue weighted by Crippen LogP contribution is 2.25. The second kappa shape index (κ2) is 7.11. The average molecular weight is 361 g/mol. The minimum Gasteiger partial charge on any atom is -0.325 e. The van der Waals surface area contributed by atoms with Crippen LogP contribution in [0.3, 0.4) is 0 Å². The fourth-order valence-electron chi connectivity index (χ4n) is 2.22. The smallest absolute Gasteiger partial charge is 0.230 e. The van der Waals surface area contributed by atoms with E-state index in [1.54, 1.807) is 24.3 Å². The van der Waals surface area contributed by atoms with Gasteiger partial charge in [0.2, 0.25) is 5.91 Å². The monoisotopic (exact) mass is 360 g/mol. The highest BCUT2D eigenvalue weighted by atomic mass is 35.5. The zero-order valence-electron chi connectivity index (χ0n) is 12.8. The van der Waals surface area contributed by atoms with Gasteiger partial charge in [0.25, 0.3) is 0 Å². The van der Waals surface area contributed by atoms with Gasteiger partial charge in [-0.3, -0.25) is 4.79 Å². The second-order valence-corrected chi connectivity index (χ2v) is 6.55. The molecule has 1 N–H and O–H groups in total. The number of rotatable bonds is 4. The molecule has 0 bridgehead atoms. The largest absolute Gasteiger partial charge is 0.325 e. The van der Waals surface area contributed by atoms with E-state index in [2.05, 4.69) is 10.3 Å². The molecular formula is C18H14ClFN2OS. The van der Waals surface area contributed by atoms with Crippen LogP contribution in [0.5, 0.6) is 0 Å². The van der Waals surface area contributed by atoms with Crippen molar-refractivity contribution in [3.05, 3.63) is 69.9 Å². The third kappa shape index (κ3) is 3.80. The number of benzene rings is 2. The Labute approximate surface area is 148 Å². The molecule has 0 radical (unpaired) electrons. The Morgan fingerprint density at radius 3 is 2.75 bits per heavy atom. The maximum Gasteiger partial charge on any atom is 0.230 e. The highest BCUT2D eigenvalue weighted by molar-refractivity contribution is 7.13. The first kappa shape index (κ1) is 16.6. The Hall–Kier alpha value is -2.24. The van der Waals surface area contributed by atoms with Gasteiger partial charge in [0.15, 0.2) is 0 Å². The van der Waals surface area contributed by atoms with Crippen molar-refractivity contribution in [1.82, 2.24) is 4.98 Å². The Morgan fingerprint density at radius 2 is 2.00 bits per heavy atom. The molecule has 0 saturated carbocycles. The molecule has 122 valence electrons. The van der Waals surface area contributed by atoms with Gasteiger partial charge in [0, 0.05) is 21.7 Å². The number of carbonyl (C=O) groups is 1. The molecule has 1 amide bonds. The van der Waals surface area contributed by atoms with Crippen LogP contribution in [0.25, 0.3) is 10.6 Å². The van der Waals surface area contributed by atoms with Gasteiger partial charge in [0.05, 0.1) is 12.1 Å². The topological polar surface area (TPSA) is 42.0 Å². The number of nitrogens with one attached hydrogen (secondary N) is 1. The number of hydrogen-bond acceptors (Lipinski definition) is 3. The Bertz CT molecular complexity index is 877. The predicted molar refractivity (Wildman–Crippen MR) is 96.0 cm³/mol. The van der Waals surface area contributed by atoms with Crippen molar-refractivity contribution in [2.75, 3.05) is 5.32 Å². The van der Waals surface area contributed by atoms with Crippen LogP contribution in [0.1, 0.15) is 11.3 Å². The van der Waals surface area contributed by atoms with Crippen LogP contribution in [0.4, 0.5) is 10.1 Å². The van der Waals surface area contributed by atoms with Crippen molar-refractivity contribution in [3.63, 3.8) is 0 Å². The van der Waals surface area contributed by atoms with Crippen molar-refractivity contribution in [3.8, 4) is 10.6 Å². The zero-order valence-corrected chi connectivity index (χ0v) is 14.4. The molecule has 2 aromatic carbocycles. The van der Waals surface area contributed by atoms with Gasteiger partial charge in [0.1, 0.15) is 10.8 Å². The third-order valence-corrected chi connectivity index (χ3v) is 4.88. The van der Waals surface area contributed by atoms with Gasteiger partial charge in [-0.25, -0.2) is 9.37 Å². The molecule has 0 aliphatic carbocycles. The minimum atomic E-state index is -0.285. The molecule has 1 aromatic heterocycles. The van der Waals surface area contributed by atoms with E-state index in [1.807, 2.05) is 18.4 Å². The lowest BCUT2D eigenvalue weighted by atomic mass is 10.2. The number of amides is 1. The van der Waals surface area contributed by atoms with Crippen LogP contribution in [0, 0.1) is 12.7 Å². The van der Waals surface area contributed by atoms with E-state index in [9.17, 15) is 9.18 Å². The van der Waals surface area contributed by atoms with E-state index in [4.69, 9.17) is 11.6 Å². The number of halogens is 2. The van der Waals surface area contributed by atoms with E-state index in [1.165, 1.54) is 23.5 Å². The van der Waals surface area contributed by atoms with E-state index in [0.717, 1.165) is 16.1 Å². The molecule has 0 unspecified atom stereocenters. The molecule has 3 rings (SSSR count). The molecule has 3 aromatic rings. The first-order chi connectivity index (χ1) is 11.5. The van der Waals surface area contributed by atoms with E-state index < -0.39 is 0 Å². The summed E-state index contributed by atoms with van der Waals surface area (Å²) in [5.41, 5.74) is 3.04. The van der Waals surface area contributed by atoms with Gasteiger partial charge in [-0.1, -0.05) is 17.7 Å². The highest BCUT2D eigenvalue weighted by Gasteiger charge is 2.11. The molecule has 0 aliphatic heterocycles. The Balaban J connectivity index is 1.69. The summed E-state index contributed by atoms with van der Waals surface area (Å²) in [6.45, 7) is 1.85. The first-order valence-electron chi connectivity index (χ1n) is 7.28. The number of nitrogens with zero attached hydrogens (tertiary/aromatic N) is 1. The van der Waals surface area contributed by atoms with Crippen molar-refractivity contribution >= 4 is 34.5 Å². The van der Waals surface area contributed by atoms with Crippen LogP contribution in [0.15, 0.2) is 47.8 Å². The summed E-state index contributed by atoms with van der Waals surface area (Å²) >= 11 is 7.48. The molecule has 24 heavy (non-hydrogen) atoms. The van der Waals surface area contributed by atoms with E-state index in [0.29, 0.717) is 16.4 Å². The molecule has 0 fully saturated rings. The lowest BCUT2D eigenvalue weighted by Gasteiger charge is -2.08. The summed E-state index contributed by atoms with van der Waals surface area (Å²) in [5, 5.41) is 6.06. The molecule has 0 atom stereocenters. The number of hydrogen-bond donors (Lipinski definition) is 1.